The van der Waals surface area contributed by atoms with Crippen LogP contribution < -0.4 is 0 Å². The lowest BCUT2D eigenvalue weighted by atomic mass is 9.90. The maximum atomic E-state index is 12.7. The van der Waals surface area contributed by atoms with Crippen LogP contribution in [0.2, 0.25) is 5.15 Å². The number of aliphatic hydroxyl groups excluding tert-OH is 1. The summed E-state index contributed by atoms with van der Waals surface area (Å²) in [5, 5.41) is 10.8. The summed E-state index contributed by atoms with van der Waals surface area (Å²) in [6, 6.07) is 7.44. The molecule has 2 rings (SSSR count). The summed E-state index contributed by atoms with van der Waals surface area (Å²) in [7, 11) is 0. The number of carbonyl (C=O) groups is 1. The number of alkyl halides is 3. The number of benzene rings is 1. The normalized spacial score (nSPS) is 13.9. The topological polar surface area (TPSA) is 59.4 Å². The molecule has 0 radical (unpaired) electrons. The number of hydrogen-bond acceptors (Lipinski definition) is 4. The van der Waals surface area contributed by atoms with Crippen molar-refractivity contribution in [1.82, 2.24) is 4.98 Å². The largest absolute Gasteiger partial charge is 0.466 e. The standard InChI is InChI=1S/C18H17ClF3NO3/c1-2-26-17(25)14(16(24)12-5-8-15(19)23-10-12)9-11-3-6-13(7-4-11)18(20,21)22/h3-8,10,14,16,24H,2,9H2,1H3. The third-order valence-corrected chi connectivity index (χ3v) is 4.02. The maximum absolute atomic E-state index is 12.7. The summed E-state index contributed by atoms with van der Waals surface area (Å²) in [5.74, 6) is -1.63. The summed E-state index contributed by atoms with van der Waals surface area (Å²) in [6.07, 6.45) is -4.32. The van der Waals surface area contributed by atoms with Gasteiger partial charge in [0, 0.05) is 6.20 Å². The second-order valence-corrected chi connectivity index (χ2v) is 6.00. The molecule has 4 nitrogen and oxygen atoms in total. The number of hydrogen-bond donors (Lipinski definition) is 1. The van der Waals surface area contributed by atoms with Crippen LogP contribution in [0, 0.1) is 5.92 Å². The summed E-state index contributed by atoms with van der Waals surface area (Å²) in [5.41, 5.74) is 0.0489. The third kappa shape index (κ3) is 5.19. The highest BCUT2D eigenvalue weighted by Gasteiger charge is 2.32. The van der Waals surface area contributed by atoms with E-state index >= 15 is 0 Å². The highest BCUT2D eigenvalue weighted by molar-refractivity contribution is 6.29. The lowest BCUT2D eigenvalue weighted by molar-refractivity contribution is -0.152. The van der Waals surface area contributed by atoms with E-state index in [0.29, 0.717) is 11.1 Å². The summed E-state index contributed by atoms with van der Waals surface area (Å²) in [4.78, 5) is 16.1. The molecule has 0 aliphatic carbocycles. The Bertz CT molecular complexity index is 733. The fourth-order valence-corrected chi connectivity index (χ4v) is 2.56. The van der Waals surface area contributed by atoms with E-state index in [0.717, 1.165) is 12.1 Å². The molecule has 26 heavy (non-hydrogen) atoms. The van der Waals surface area contributed by atoms with E-state index in [2.05, 4.69) is 4.98 Å². The van der Waals surface area contributed by atoms with Gasteiger partial charge in [-0.2, -0.15) is 13.2 Å². The number of nitrogens with zero attached hydrogens (tertiary/aromatic N) is 1. The number of rotatable bonds is 6. The Morgan fingerprint density at radius 1 is 1.23 bits per heavy atom. The van der Waals surface area contributed by atoms with Crippen molar-refractivity contribution >= 4 is 17.6 Å². The molecule has 0 aliphatic heterocycles. The van der Waals surface area contributed by atoms with Crippen LogP contribution in [-0.4, -0.2) is 22.7 Å². The molecule has 1 N–H and O–H groups in total. The highest BCUT2D eigenvalue weighted by Crippen LogP contribution is 2.31. The molecule has 2 atom stereocenters. The first-order valence-electron chi connectivity index (χ1n) is 7.84. The number of halogens is 4. The molecular formula is C18H17ClF3NO3. The minimum absolute atomic E-state index is 0.0146. The van der Waals surface area contributed by atoms with Crippen LogP contribution in [0.5, 0.6) is 0 Å². The number of ether oxygens (including phenoxy) is 1. The monoisotopic (exact) mass is 387 g/mol. The zero-order valence-corrected chi connectivity index (χ0v) is 14.6. The van der Waals surface area contributed by atoms with Gasteiger partial charge in [0.05, 0.1) is 24.2 Å². The highest BCUT2D eigenvalue weighted by atomic mass is 35.5. The smallest absolute Gasteiger partial charge is 0.416 e. The van der Waals surface area contributed by atoms with Gasteiger partial charge in [-0.25, -0.2) is 4.98 Å². The molecular weight excluding hydrogens is 371 g/mol. The van der Waals surface area contributed by atoms with Crippen molar-refractivity contribution in [3.63, 3.8) is 0 Å². The van der Waals surface area contributed by atoms with E-state index in [1.54, 1.807) is 6.92 Å². The van der Waals surface area contributed by atoms with Gasteiger partial charge >= 0.3 is 12.1 Å². The Balaban J connectivity index is 2.24. The van der Waals surface area contributed by atoms with E-state index in [-0.39, 0.29) is 18.2 Å². The van der Waals surface area contributed by atoms with E-state index in [1.807, 2.05) is 0 Å². The fourth-order valence-electron chi connectivity index (χ4n) is 2.45. The first-order valence-corrected chi connectivity index (χ1v) is 8.22. The van der Waals surface area contributed by atoms with Gasteiger partial charge in [-0.05, 0) is 42.7 Å². The molecule has 0 bridgehead atoms. The molecule has 0 saturated heterocycles. The van der Waals surface area contributed by atoms with E-state index in [4.69, 9.17) is 16.3 Å². The number of pyridine rings is 1. The van der Waals surface area contributed by atoms with E-state index in [9.17, 15) is 23.1 Å². The lowest BCUT2D eigenvalue weighted by Crippen LogP contribution is -2.27. The molecule has 0 saturated carbocycles. The number of esters is 1. The van der Waals surface area contributed by atoms with E-state index in [1.165, 1.54) is 30.5 Å². The molecule has 2 aromatic rings. The average Bonchev–Trinajstić information content (AvgIpc) is 2.59. The second-order valence-electron chi connectivity index (χ2n) is 5.62. The van der Waals surface area contributed by atoms with Crippen molar-refractivity contribution in [2.45, 2.75) is 25.6 Å². The fraction of sp³-hybridized carbons (Fsp3) is 0.333. The van der Waals surface area contributed by atoms with Crippen molar-refractivity contribution in [1.29, 1.82) is 0 Å². The maximum Gasteiger partial charge on any atom is 0.416 e. The number of carbonyl (C=O) groups excluding carboxylic acids is 1. The first kappa shape index (κ1) is 20.2. The molecule has 140 valence electrons. The molecule has 1 heterocycles. The van der Waals surface area contributed by atoms with Gasteiger partial charge in [0.2, 0.25) is 0 Å². The molecule has 1 aromatic carbocycles. The van der Waals surface area contributed by atoms with E-state index < -0.39 is 29.7 Å². The Labute approximate surface area is 153 Å². The molecule has 0 amide bonds. The minimum Gasteiger partial charge on any atom is -0.466 e. The van der Waals surface area contributed by atoms with Gasteiger partial charge in [-0.3, -0.25) is 4.79 Å². The summed E-state index contributed by atoms with van der Waals surface area (Å²) in [6.45, 7) is 1.75. The van der Waals surface area contributed by atoms with Crippen LogP contribution in [-0.2, 0) is 22.1 Å². The molecule has 0 aliphatic rings. The van der Waals surface area contributed by atoms with Crippen molar-refractivity contribution in [2.75, 3.05) is 6.61 Å². The predicted octanol–water partition coefficient (Wildman–Crippen LogP) is 4.21. The van der Waals surface area contributed by atoms with Crippen LogP contribution in [0.15, 0.2) is 42.6 Å². The molecule has 2 unspecified atom stereocenters. The van der Waals surface area contributed by atoms with Gasteiger partial charge in [0.25, 0.3) is 0 Å². The van der Waals surface area contributed by atoms with Gasteiger partial charge in [-0.15, -0.1) is 0 Å². The van der Waals surface area contributed by atoms with Crippen LogP contribution in [0.1, 0.15) is 29.7 Å². The molecule has 0 fully saturated rings. The van der Waals surface area contributed by atoms with Gasteiger partial charge in [0.1, 0.15) is 5.15 Å². The number of aliphatic hydroxyl groups is 1. The molecule has 1 aromatic heterocycles. The van der Waals surface area contributed by atoms with Crippen molar-refractivity contribution in [2.24, 2.45) is 5.92 Å². The van der Waals surface area contributed by atoms with Crippen LogP contribution in [0.3, 0.4) is 0 Å². The Morgan fingerprint density at radius 3 is 2.38 bits per heavy atom. The minimum atomic E-state index is -4.44. The second kappa shape index (κ2) is 8.51. The SMILES string of the molecule is CCOC(=O)C(Cc1ccc(C(F)(F)F)cc1)C(O)c1ccc(Cl)nc1. The Hall–Kier alpha value is -2.12. The Kier molecular flexibility index (Phi) is 6.61. The average molecular weight is 388 g/mol. The Morgan fingerprint density at radius 2 is 1.88 bits per heavy atom. The van der Waals surface area contributed by atoms with Crippen molar-refractivity contribution in [3.05, 3.63) is 64.4 Å². The first-order chi connectivity index (χ1) is 12.2. The van der Waals surface area contributed by atoms with Gasteiger partial charge in [-0.1, -0.05) is 29.8 Å². The van der Waals surface area contributed by atoms with Crippen LogP contribution in [0.4, 0.5) is 13.2 Å². The van der Waals surface area contributed by atoms with Gasteiger partial charge < -0.3 is 9.84 Å². The van der Waals surface area contributed by atoms with Crippen LogP contribution in [0.25, 0.3) is 0 Å². The molecule has 0 spiro atoms. The summed E-state index contributed by atoms with van der Waals surface area (Å²) >= 11 is 5.71. The molecule has 8 heteroatoms. The quantitative estimate of drug-likeness (QED) is 0.596. The van der Waals surface area contributed by atoms with Crippen LogP contribution >= 0.6 is 11.6 Å². The zero-order valence-electron chi connectivity index (χ0n) is 13.8. The van der Waals surface area contributed by atoms with Crippen molar-refractivity contribution in [3.8, 4) is 0 Å². The predicted molar refractivity (Wildman–Crippen MR) is 89.5 cm³/mol. The lowest BCUT2D eigenvalue weighted by Gasteiger charge is -2.22. The van der Waals surface area contributed by atoms with Crippen molar-refractivity contribution < 1.29 is 27.8 Å². The summed E-state index contributed by atoms with van der Waals surface area (Å²) < 4.78 is 43.0. The third-order valence-electron chi connectivity index (χ3n) is 3.80. The number of aromatic nitrogens is 1. The zero-order chi connectivity index (χ0) is 19.3. The van der Waals surface area contributed by atoms with Gasteiger partial charge in [0.15, 0.2) is 0 Å².